The van der Waals surface area contributed by atoms with Crippen LogP contribution in [0.25, 0.3) is 0 Å². The van der Waals surface area contributed by atoms with Gasteiger partial charge < -0.3 is 93.5 Å². The summed E-state index contributed by atoms with van der Waals surface area (Å²) in [7, 11) is 0. The molecule has 18 nitrogen and oxygen atoms in total. The topological polar surface area (TPSA) is 333 Å². The fraction of sp³-hybridized carbons (Fsp3) is 1.00. The van der Waals surface area contributed by atoms with Crippen LogP contribution in [0.4, 0.5) is 0 Å². The summed E-state index contributed by atoms with van der Waals surface area (Å²) in [6.45, 7) is -0.428. The average Bonchev–Trinajstić information content (AvgIpc) is 3.27. The molecule has 0 aromatic carbocycles. The fourth-order valence-electron chi connectivity index (χ4n) is 5.43. The van der Waals surface area contributed by atoms with Gasteiger partial charge >= 0.3 is 0 Å². The van der Waals surface area contributed by atoms with Crippen molar-refractivity contribution in [1.29, 1.82) is 0 Å². The van der Waals surface area contributed by atoms with E-state index in [1.54, 1.807) is 0 Å². The van der Waals surface area contributed by atoms with E-state index in [9.17, 15) is 30.6 Å². The molecule has 4 aliphatic rings. The molecular formula is C22H44N6O12. The maximum Gasteiger partial charge on any atom is 0.186 e. The van der Waals surface area contributed by atoms with Crippen LogP contribution in [0, 0.1) is 0 Å². The van der Waals surface area contributed by atoms with Crippen LogP contribution in [0.2, 0.25) is 0 Å². The highest BCUT2D eigenvalue weighted by atomic mass is 16.8. The predicted octanol–water partition coefficient (Wildman–Crippen LogP) is -8.26. The molecule has 1 aliphatic carbocycles. The first-order valence-corrected chi connectivity index (χ1v) is 13.3. The predicted molar refractivity (Wildman–Crippen MR) is 132 cm³/mol. The minimum atomic E-state index is -1.43. The first kappa shape index (κ1) is 32.2. The Morgan fingerprint density at radius 2 is 1.07 bits per heavy atom. The summed E-state index contributed by atoms with van der Waals surface area (Å²) in [5.41, 5.74) is 35.6. The Balaban J connectivity index is 1.44. The lowest BCUT2D eigenvalue weighted by atomic mass is 9.84. The van der Waals surface area contributed by atoms with Gasteiger partial charge in [-0.05, 0) is 6.42 Å². The lowest BCUT2D eigenvalue weighted by molar-refractivity contribution is -0.306. The van der Waals surface area contributed by atoms with E-state index in [1.165, 1.54) is 0 Å². The van der Waals surface area contributed by atoms with Crippen LogP contribution >= 0.6 is 0 Å². The van der Waals surface area contributed by atoms with Crippen molar-refractivity contribution in [2.24, 2.45) is 34.4 Å². The number of aliphatic hydroxyl groups is 6. The number of hydrogen-bond donors (Lipinski definition) is 12. The van der Waals surface area contributed by atoms with Crippen molar-refractivity contribution in [3.63, 3.8) is 0 Å². The fourth-order valence-corrected chi connectivity index (χ4v) is 5.43. The van der Waals surface area contributed by atoms with Gasteiger partial charge in [0.1, 0.15) is 61.0 Å². The molecule has 18 N–H and O–H groups in total. The van der Waals surface area contributed by atoms with Gasteiger partial charge in [0.2, 0.25) is 0 Å². The Kier molecular flexibility index (Phi) is 10.7. The monoisotopic (exact) mass is 584 g/mol. The molecule has 40 heavy (non-hydrogen) atoms. The lowest BCUT2D eigenvalue weighted by Crippen LogP contribution is -2.68. The molecule has 0 bridgehead atoms. The Morgan fingerprint density at radius 3 is 1.60 bits per heavy atom. The zero-order valence-electron chi connectivity index (χ0n) is 21.8. The van der Waals surface area contributed by atoms with E-state index in [0.29, 0.717) is 0 Å². The zero-order chi connectivity index (χ0) is 29.5. The first-order valence-electron chi connectivity index (χ1n) is 13.3. The summed E-state index contributed by atoms with van der Waals surface area (Å²) in [5.74, 6) is 0. The Bertz CT molecular complexity index is 820. The highest BCUT2D eigenvalue weighted by molar-refractivity contribution is 5.01. The second-order valence-electron chi connectivity index (χ2n) is 10.8. The van der Waals surface area contributed by atoms with E-state index in [-0.39, 0.29) is 26.1 Å². The molecule has 0 spiro atoms. The highest BCUT2D eigenvalue weighted by Gasteiger charge is 2.52. The van der Waals surface area contributed by atoms with Crippen molar-refractivity contribution >= 4 is 0 Å². The van der Waals surface area contributed by atoms with Gasteiger partial charge in [-0.3, -0.25) is 0 Å². The largest absolute Gasteiger partial charge is 0.389 e. The van der Waals surface area contributed by atoms with Crippen molar-refractivity contribution in [3.8, 4) is 0 Å². The van der Waals surface area contributed by atoms with E-state index < -0.39 is 110 Å². The van der Waals surface area contributed by atoms with Crippen LogP contribution < -0.4 is 34.4 Å². The van der Waals surface area contributed by atoms with Crippen molar-refractivity contribution in [1.82, 2.24) is 0 Å². The summed E-state index contributed by atoms with van der Waals surface area (Å²) in [4.78, 5) is 0. The maximum atomic E-state index is 10.9. The molecule has 7 unspecified atom stereocenters. The second-order valence-corrected chi connectivity index (χ2v) is 10.8. The van der Waals surface area contributed by atoms with Crippen molar-refractivity contribution < 1.29 is 59.1 Å². The van der Waals surface area contributed by atoms with E-state index in [2.05, 4.69) is 0 Å². The molecule has 4 fully saturated rings. The van der Waals surface area contributed by atoms with Gasteiger partial charge in [0.15, 0.2) is 18.9 Å². The smallest absolute Gasteiger partial charge is 0.186 e. The van der Waals surface area contributed by atoms with E-state index in [4.69, 9.17) is 62.8 Å². The van der Waals surface area contributed by atoms with Gasteiger partial charge in [-0.2, -0.15) is 0 Å². The molecular weight excluding hydrogens is 540 g/mol. The first-order chi connectivity index (χ1) is 18.9. The lowest BCUT2D eigenvalue weighted by Gasteiger charge is -2.47. The number of rotatable bonds is 8. The van der Waals surface area contributed by atoms with E-state index >= 15 is 0 Å². The summed E-state index contributed by atoms with van der Waals surface area (Å²) >= 11 is 0. The minimum Gasteiger partial charge on any atom is -0.389 e. The van der Waals surface area contributed by atoms with E-state index in [0.717, 1.165) is 0 Å². The standard InChI is InChI=1S/C22H44N6O12/c23-2-7-13(30)16(33)10(27)20(36-7)38-9-4-35-22(15(9)32)40-19-12(29)5(25)1-6(26)18(19)39-21-11(28)17(34)14(31)8(3-24)37-21/h5-22,29-34H,1-4,23-28H2/t5-,6?,7+,8?,9+,10?,11?,12?,13-,14+,15?,16?,17-,18+,19-,20-,21+,22+/m1/s1. The molecule has 234 valence electrons. The molecule has 0 radical (unpaired) electrons. The molecule has 18 atom stereocenters. The number of ether oxygens (including phenoxy) is 6. The Labute approximate surface area is 230 Å². The number of aliphatic hydroxyl groups excluding tert-OH is 6. The SMILES string of the molecule is NCC1O[C@@H](O[C@H]2C(N)C[C@@H](N)C(O)[C@H]2O[C@@H]2OC[C@H](O[C@H]3O[C@@H](CN)[C@@H](O)C(O)C3N)C2O)C(N)[C@@H](O)[C@H]1O. The Hall–Kier alpha value is -0.720. The third-order valence-electron chi connectivity index (χ3n) is 8.00. The van der Waals surface area contributed by atoms with Crippen LogP contribution in [-0.4, -0.2) is 161 Å². The third kappa shape index (κ3) is 6.30. The molecule has 3 heterocycles. The van der Waals surface area contributed by atoms with Gasteiger partial charge in [-0.15, -0.1) is 0 Å². The Morgan fingerprint density at radius 1 is 0.575 bits per heavy atom. The van der Waals surface area contributed by atoms with Crippen LogP contribution in [0.1, 0.15) is 6.42 Å². The maximum absolute atomic E-state index is 10.9. The molecule has 3 aliphatic heterocycles. The normalized spacial score (nSPS) is 54.0. The van der Waals surface area contributed by atoms with Crippen LogP contribution in [0.5, 0.6) is 0 Å². The van der Waals surface area contributed by atoms with Gasteiger partial charge in [-0.1, -0.05) is 0 Å². The average molecular weight is 585 g/mol. The minimum absolute atomic E-state index is 0.113. The third-order valence-corrected chi connectivity index (χ3v) is 8.00. The highest BCUT2D eigenvalue weighted by Crippen LogP contribution is 2.32. The molecule has 18 heteroatoms. The van der Waals surface area contributed by atoms with Gasteiger partial charge in [0.25, 0.3) is 0 Å². The van der Waals surface area contributed by atoms with Crippen LogP contribution in [0.3, 0.4) is 0 Å². The zero-order valence-corrected chi connectivity index (χ0v) is 21.8. The van der Waals surface area contributed by atoms with Crippen molar-refractivity contribution in [3.05, 3.63) is 0 Å². The second kappa shape index (κ2) is 13.3. The summed E-state index contributed by atoms with van der Waals surface area (Å²) in [5, 5.41) is 62.6. The number of nitrogens with two attached hydrogens (primary N) is 6. The van der Waals surface area contributed by atoms with Gasteiger partial charge in [0, 0.05) is 25.2 Å². The molecule has 4 rings (SSSR count). The molecule has 0 aromatic rings. The molecule has 1 saturated carbocycles. The van der Waals surface area contributed by atoms with Gasteiger partial charge in [0.05, 0.1) is 24.8 Å². The van der Waals surface area contributed by atoms with Gasteiger partial charge in [-0.25, -0.2) is 0 Å². The van der Waals surface area contributed by atoms with Crippen LogP contribution in [0.15, 0.2) is 0 Å². The van der Waals surface area contributed by atoms with Crippen molar-refractivity contribution in [2.75, 3.05) is 19.7 Å². The molecule has 3 saturated heterocycles. The quantitative estimate of drug-likeness (QED) is 0.126. The van der Waals surface area contributed by atoms with Crippen molar-refractivity contribution in [2.45, 2.75) is 117 Å². The summed E-state index contributed by atoms with van der Waals surface area (Å²) in [6, 6.07) is -3.94. The summed E-state index contributed by atoms with van der Waals surface area (Å²) in [6.07, 6.45) is -17.2. The molecule has 0 amide bonds. The van der Waals surface area contributed by atoms with Crippen LogP contribution in [-0.2, 0) is 28.4 Å². The van der Waals surface area contributed by atoms with E-state index in [1.807, 2.05) is 0 Å². The molecule has 0 aromatic heterocycles. The summed E-state index contributed by atoms with van der Waals surface area (Å²) < 4.78 is 34.5. The number of hydrogen-bond acceptors (Lipinski definition) is 18.